The van der Waals surface area contributed by atoms with Crippen LogP contribution in [0.1, 0.15) is 25.7 Å². The van der Waals surface area contributed by atoms with Crippen LogP contribution in [-0.4, -0.2) is 19.7 Å². The van der Waals surface area contributed by atoms with E-state index in [1.165, 1.54) is 25.7 Å². The van der Waals surface area contributed by atoms with Gasteiger partial charge in [0.15, 0.2) is 0 Å². The smallest absolute Gasteiger partial charge is 0.109 e. The maximum atomic E-state index is 5.10. The van der Waals surface area contributed by atoms with E-state index in [2.05, 4.69) is 12.4 Å². The van der Waals surface area contributed by atoms with Gasteiger partial charge in [0.05, 0.1) is 6.61 Å². The highest BCUT2D eigenvalue weighted by Gasteiger charge is 2.19. The van der Waals surface area contributed by atoms with Crippen molar-refractivity contribution in [3.05, 3.63) is 0 Å². The minimum Gasteiger partial charge on any atom is -0.317 e. The second-order valence-electron chi connectivity index (χ2n) is 3.28. The summed E-state index contributed by atoms with van der Waals surface area (Å²) in [6.07, 6.45) is 5.30. The highest BCUT2D eigenvalue weighted by molar-refractivity contribution is 14.1. The van der Waals surface area contributed by atoms with Crippen LogP contribution >= 0.6 is 23.0 Å². The summed E-state index contributed by atoms with van der Waals surface area (Å²) >= 11 is 1.99. The van der Waals surface area contributed by atoms with E-state index in [-0.39, 0.29) is 0 Å². The van der Waals surface area contributed by atoms with Crippen LogP contribution in [0.3, 0.4) is 0 Å². The molecular weight excluding hydrogens is 253 g/mol. The van der Waals surface area contributed by atoms with Gasteiger partial charge in [0.1, 0.15) is 23.0 Å². The molecule has 1 fully saturated rings. The molecule has 1 rings (SSSR count). The third-order valence-electron chi connectivity index (χ3n) is 2.55. The molecule has 0 atom stereocenters. The standard InChI is InChI=1S/C8H16INO/c1-10-8-4-2-7(3-5-8)6-11-9/h7-8,10H,2-6H2,1H3. The van der Waals surface area contributed by atoms with Gasteiger partial charge < -0.3 is 8.38 Å². The lowest BCUT2D eigenvalue weighted by Gasteiger charge is -2.27. The van der Waals surface area contributed by atoms with Crippen LogP contribution in [0, 0.1) is 5.92 Å². The summed E-state index contributed by atoms with van der Waals surface area (Å²) in [7, 11) is 2.06. The topological polar surface area (TPSA) is 21.3 Å². The number of halogens is 1. The van der Waals surface area contributed by atoms with Crippen LogP contribution in [-0.2, 0) is 3.07 Å². The van der Waals surface area contributed by atoms with Gasteiger partial charge in [-0.15, -0.1) is 0 Å². The fourth-order valence-corrected chi connectivity index (χ4v) is 2.22. The molecule has 11 heavy (non-hydrogen) atoms. The molecule has 0 bridgehead atoms. The molecule has 0 aliphatic heterocycles. The Morgan fingerprint density at radius 1 is 1.36 bits per heavy atom. The first-order valence-electron chi connectivity index (χ1n) is 4.27. The molecule has 0 aromatic rings. The van der Waals surface area contributed by atoms with Crippen molar-refractivity contribution in [2.24, 2.45) is 5.92 Å². The van der Waals surface area contributed by atoms with Gasteiger partial charge in [-0.1, -0.05) is 0 Å². The maximum absolute atomic E-state index is 5.10. The highest BCUT2D eigenvalue weighted by atomic mass is 127. The Morgan fingerprint density at radius 3 is 2.45 bits per heavy atom. The molecule has 1 saturated carbocycles. The van der Waals surface area contributed by atoms with Crippen molar-refractivity contribution >= 4 is 23.0 Å². The van der Waals surface area contributed by atoms with Gasteiger partial charge >= 0.3 is 0 Å². The van der Waals surface area contributed by atoms with Crippen LogP contribution in [0.25, 0.3) is 0 Å². The Morgan fingerprint density at radius 2 is 2.00 bits per heavy atom. The predicted molar refractivity (Wildman–Crippen MR) is 54.8 cm³/mol. The van der Waals surface area contributed by atoms with E-state index in [0.29, 0.717) is 0 Å². The van der Waals surface area contributed by atoms with Crippen LogP contribution in [0.4, 0.5) is 0 Å². The third kappa shape index (κ3) is 3.25. The van der Waals surface area contributed by atoms with Gasteiger partial charge in [-0.3, -0.25) is 0 Å². The van der Waals surface area contributed by atoms with Gasteiger partial charge in [0.25, 0.3) is 0 Å². The second-order valence-corrected chi connectivity index (χ2v) is 3.90. The average Bonchev–Trinajstić information content (AvgIpc) is 2.07. The van der Waals surface area contributed by atoms with E-state index in [1.807, 2.05) is 23.0 Å². The molecule has 66 valence electrons. The first kappa shape index (κ1) is 9.74. The lowest BCUT2D eigenvalue weighted by Crippen LogP contribution is -2.31. The van der Waals surface area contributed by atoms with Crippen molar-refractivity contribution in [1.29, 1.82) is 0 Å². The average molecular weight is 269 g/mol. The largest absolute Gasteiger partial charge is 0.317 e. The normalized spacial score (nSPS) is 32.2. The first-order chi connectivity index (χ1) is 5.36. The Balaban J connectivity index is 2.14. The zero-order chi connectivity index (χ0) is 8.10. The molecule has 1 N–H and O–H groups in total. The summed E-state index contributed by atoms with van der Waals surface area (Å²) in [6.45, 7) is 0.941. The molecular formula is C8H16INO. The summed E-state index contributed by atoms with van der Waals surface area (Å²) in [5, 5.41) is 3.32. The van der Waals surface area contributed by atoms with Crippen LogP contribution in [0.15, 0.2) is 0 Å². The van der Waals surface area contributed by atoms with Crippen molar-refractivity contribution in [3.8, 4) is 0 Å². The van der Waals surface area contributed by atoms with E-state index in [4.69, 9.17) is 3.07 Å². The van der Waals surface area contributed by atoms with Gasteiger partial charge in [-0.05, 0) is 38.6 Å². The van der Waals surface area contributed by atoms with Crippen molar-refractivity contribution in [2.75, 3.05) is 13.7 Å². The van der Waals surface area contributed by atoms with E-state index < -0.39 is 0 Å². The zero-order valence-corrected chi connectivity index (χ0v) is 9.13. The van der Waals surface area contributed by atoms with Crippen molar-refractivity contribution in [1.82, 2.24) is 5.32 Å². The molecule has 0 amide bonds. The molecule has 0 radical (unpaired) electrons. The van der Waals surface area contributed by atoms with Gasteiger partial charge in [-0.2, -0.15) is 0 Å². The quantitative estimate of drug-likeness (QED) is 0.792. The van der Waals surface area contributed by atoms with Crippen molar-refractivity contribution < 1.29 is 3.07 Å². The Kier molecular flexibility index (Phi) is 4.71. The van der Waals surface area contributed by atoms with Gasteiger partial charge in [-0.25, -0.2) is 0 Å². The molecule has 1 aliphatic carbocycles. The second kappa shape index (κ2) is 5.32. The Hall–Kier alpha value is 0.650. The van der Waals surface area contributed by atoms with Crippen LogP contribution in [0.5, 0.6) is 0 Å². The summed E-state index contributed by atoms with van der Waals surface area (Å²) in [6, 6.07) is 0.764. The molecule has 3 heteroatoms. The molecule has 1 aliphatic rings. The number of hydrogen-bond donors (Lipinski definition) is 1. The SMILES string of the molecule is CNC1CCC(COI)CC1. The highest BCUT2D eigenvalue weighted by Crippen LogP contribution is 2.24. The summed E-state index contributed by atoms with van der Waals surface area (Å²) in [4.78, 5) is 0. The minimum absolute atomic E-state index is 0.764. The van der Waals surface area contributed by atoms with E-state index >= 15 is 0 Å². The zero-order valence-electron chi connectivity index (χ0n) is 6.98. The molecule has 0 aromatic heterocycles. The van der Waals surface area contributed by atoms with Crippen molar-refractivity contribution in [3.63, 3.8) is 0 Å². The Bertz CT molecular complexity index is 102. The molecule has 0 saturated heterocycles. The van der Waals surface area contributed by atoms with Crippen LogP contribution in [0.2, 0.25) is 0 Å². The fourth-order valence-electron chi connectivity index (χ4n) is 1.71. The molecule has 0 unspecified atom stereocenters. The van der Waals surface area contributed by atoms with E-state index in [9.17, 15) is 0 Å². The first-order valence-corrected chi connectivity index (χ1v) is 5.15. The minimum atomic E-state index is 0.764. The molecule has 2 nitrogen and oxygen atoms in total. The lowest BCUT2D eigenvalue weighted by molar-refractivity contribution is 0.232. The summed E-state index contributed by atoms with van der Waals surface area (Å²) in [5.74, 6) is 0.816. The monoisotopic (exact) mass is 269 g/mol. The van der Waals surface area contributed by atoms with Crippen molar-refractivity contribution in [2.45, 2.75) is 31.7 Å². The number of hydrogen-bond acceptors (Lipinski definition) is 2. The number of rotatable bonds is 3. The Labute approximate surface area is 82.8 Å². The predicted octanol–water partition coefficient (Wildman–Crippen LogP) is 2.13. The van der Waals surface area contributed by atoms with Gasteiger partial charge in [0, 0.05) is 6.04 Å². The third-order valence-corrected chi connectivity index (χ3v) is 2.91. The summed E-state index contributed by atoms with van der Waals surface area (Å²) < 4.78 is 5.10. The fraction of sp³-hybridized carbons (Fsp3) is 1.00. The molecule has 0 heterocycles. The maximum Gasteiger partial charge on any atom is 0.109 e. The molecule has 0 spiro atoms. The van der Waals surface area contributed by atoms with E-state index in [1.54, 1.807) is 0 Å². The van der Waals surface area contributed by atoms with Crippen LogP contribution < -0.4 is 5.32 Å². The number of nitrogens with one attached hydrogen (secondary N) is 1. The van der Waals surface area contributed by atoms with Gasteiger partial charge in [0.2, 0.25) is 0 Å². The lowest BCUT2D eigenvalue weighted by atomic mass is 9.87. The summed E-state index contributed by atoms with van der Waals surface area (Å²) in [5.41, 5.74) is 0. The van der Waals surface area contributed by atoms with E-state index in [0.717, 1.165) is 18.6 Å². The molecule has 0 aromatic carbocycles.